The molecule has 1 atom stereocenters. The van der Waals surface area contributed by atoms with Gasteiger partial charge in [-0.05, 0) is 6.92 Å². The van der Waals surface area contributed by atoms with Crippen LogP contribution in [-0.4, -0.2) is 72.6 Å². The van der Waals surface area contributed by atoms with Crippen molar-refractivity contribution in [2.45, 2.75) is 38.0 Å². The van der Waals surface area contributed by atoms with Gasteiger partial charge in [-0.25, -0.2) is 28.1 Å². The predicted octanol–water partition coefficient (Wildman–Crippen LogP) is 0.339. The van der Waals surface area contributed by atoms with Crippen molar-refractivity contribution in [1.29, 1.82) is 0 Å². The maximum Gasteiger partial charge on any atom is 0.256 e. The molecule has 2 aromatic rings. The highest BCUT2D eigenvalue weighted by Crippen LogP contribution is 2.33. The zero-order valence-electron chi connectivity index (χ0n) is 17.2. The molecule has 0 aromatic carbocycles. The fraction of sp³-hybridized carbons (Fsp3) is 0.556. The molecule has 0 amide bonds. The Kier molecular flexibility index (Phi) is 5.90. The first-order valence-corrected chi connectivity index (χ1v) is 11.7. The Balaban J connectivity index is 1.63. The second kappa shape index (κ2) is 8.48. The summed E-state index contributed by atoms with van der Waals surface area (Å²) in [7, 11) is -3.31. The van der Waals surface area contributed by atoms with Gasteiger partial charge in [-0.2, -0.15) is 9.37 Å². The van der Waals surface area contributed by atoms with E-state index in [0.717, 1.165) is 6.26 Å². The van der Waals surface area contributed by atoms with E-state index in [1.165, 1.54) is 12.4 Å². The number of morpholine rings is 1. The third kappa shape index (κ3) is 4.99. The molecule has 11 nitrogen and oxygen atoms in total. The molecule has 3 N–H and O–H groups in total. The molecule has 31 heavy (non-hydrogen) atoms. The normalized spacial score (nSPS) is 24.0. The Labute approximate surface area is 179 Å². The number of hydrogen-bond acceptors (Lipinski definition) is 10. The van der Waals surface area contributed by atoms with Gasteiger partial charge in [-0.1, -0.05) is 0 Å². The average molecular weight is 454 g/mol. The molecule has 1 aliphatic carbocycles. The van der Waals surface area contributed by atoms with Crippen LogP contribution in [0.4, 0.5) is 16.3 Å². The minimum atomic E-state index is -3.31. The number of hydrogen-bond donors (Lipinski definition) is 2. The van der Waals surface area contributed by atoms with E-state index in [1.807, 2.05) is 11.8 Å². The summed E-state index contributed by atoms with van der Waals surface area (Å²) in [6, 6.07) is -0.247. The molecule has 0 spiro atoms. The molecule has 3 heterocycles. The largest absolute Gasteiger partial charge is 0.472 e. The molecule has 0 bridgehead atoms. The van der Waals surface area contributed by atoms with Crippen LogP contribution in [0.2, 0.25) is 0 Å². The molecule has 0 radical (unpaired) electrons. The Morgan fingerprint density at radius 1 is 1.29 bits per heavy atom. The SMILES string of the molecule is C[C@H]1COCCN1c1nc(O[C@H]2C[C@H](NS(C)(=O)=O)C2)c(F)c(-c2cnc(N)nc2)n1. The Morgan fingerprint density at radius 3 is 2.65 bits per heavy atom. The van der Waals surface area contributed by atoms with Crippen LogP contribution in [0, 0.1) is 5.82 Å². The molecule has 0 unspecified atom stereocenters. The second-order valence-electron chi connectivity index (χ2n) is 7.74. The molecule has 168 valence electrons. The minimum Gasteiger partial charge on any atom is -0.472 e. The number of ether oxygens (including phenoxy) is 2. The van der Waals surface area contributed by atoms with Crippen LogP contribution >= 0.6 is 0 Å². The number of anilines is 2. The monoisotopic (exact) mass is 453 g/mol. The molecule has 4 rings (SSSR count). The van der Waals surface area contributed by atoms with E-state index >= 15 is 4.39 Å². The van der Waals surface area contributed by atoms with E-state index in [9.17, 15) is 8.42 Å². The minimum absolute atomic E-state index is 0.00354. The van der Waals surface area contributed by atoms with Crippen LogP contribution in [0.3, 0.4) is 0 Å². The second-order valence-corrected chi connectivity index (χ2v) is 9.52. The van der Waals surface area contributed by atoms with Crippen LogP contribution < -0.4 is 20.1 Å². The number of aromatic nitrogens is 4. The Bertz CT molecular complexity index is 1050. The average Bonchev–Trinajstić information content (AvgIpc) is 2.68. The van der Waals surface area contributed by atoms with E-state index in [1.54, 1.807) is 0 Å². The summed E-state index contributed by atoms with van der Waals surface area (Å²) in [5, 5.41) is 0. The first-order chi connectivity index (χ1) is 14.7. The number of nitrogens with two attached hydrogens (primary N) is 1. The Morgan fingerprint density at radius 2 is 2.00 bits per heavy atom. The third-order valence-corrected chi connectivity index (χ3v) is 5.89. The van der Waals surface area contributed by atoms with Crippen molar-refractivity contribution in [1.82, 2.24) is 24.7 Å². The molecule has 2 aliphatic rings. The lowest BCUT2D eigenvalue weighted by atomic mass is 9.90. The van der Waals surface area contributed by atoms with Crippen molar-refractivity contribution in [3.63, 3.8) is 0 Å². The summed E-state index contributed by atoms with van der Waals surface area (Å²) in [5.74, 6) is -0.560. The maximum absolute atomic E-state index is 15.3. The number of sulfonamides is 1. The van der Waals surface area contributed by atoms with Gasteiger partial charge in [0.2, 0.25) is 27.7 Å². The quantitative estimate of drug-likeness (QED) is 0.628. The summed E-state index contributed by atoms with van der Waals surface area (Å²) >= 11 is 0. The van der Waals surface area contributed by atoms with Gasteiger partial charge in [0.15, 0.2) is 0 Å². The smallest absolute Gasteiger partial charge is 0.256 e. The summed E-state index contributed by atoms with van der Waals surface area (Å²) in [6.07, 6.45) is 4.34. The number of nitrogen functional groups attached to an aromatic ring is 1. The van der Waals surface area contributed by atoms with Crippen molar-refractivity contribution in [2.75, 3.05) is 36.6 Å². The van der Waals surface area contributed by atoms with Crippen molar-refractivity contribution in [3.8, 4) is 17.1 Å². The van der Waals surface area contributed by atoms with Crippen molar-refractivity contribution in [2.24, 2.45) is 0 Å². The van der Waals surface area contributed by atoms with Crippen LogP contribution in [-0.2, 0) is 14.8 Å². The van der Waals surface area contributed by atoms with Crippen molar-refractivity contribution < 1.29 is 22.3 Å². The zero-order chi connectivity index (χ0) is 22.2. The summed E-state index contributed by atoms with van der Waals surface area (Å²) in [5.41, 5.74) is 5.88. The fourth-order valence-electron chi connectivity index (χ4n) is 3.52. The third-order valence-electron chi connectivity index (χ3n) is 5.13. The van der Waals surface area contributed by atoms with Crippen LogP contribution in [0.1, 0.15) is 19.8 Å². The molecule has 13 heteroatoms. The topological polar surface area (TPSA) is 145 Å². The molecular weight excluding hydrogens is 429 g/mol. The van der Waals surface area contributed by atoms with Crippen LogP contribution in [0.25, 0.3) is 11.3 Å². The lowest BCUT2D eigenvalue weighted by Gasteiger charge is -2.36. The highest BCUT2D eigenvalue weighted by atomic mass is 32.2. The highest BCUT2D eigenvalue weighted by Gasteiger charge is 2.35. The first kappa shape index (κ1) is 21.6. The summed E-state index contributed by atoms with van der Waals surface area (Å²) in [4.78, 5) is 18.5. The van der Waals surface area contributed by atoms with Crippen LogP contribution in [0.5, 0.6) is 5.88 Å². The molecule has 2 aromatic heterocycles. The van der Waals surface area contributed by atoms with Gasteiger partial charge in [0.25, 0.3) is 5.88 Å². The van der Waals surface area contributed by atoms with E-state index in [-0.39, 0.29) is 35.7 Å². The molecule has 1 saturated carbocycles. The fourth-order valence-corrected chi connectivity index (χ4v) is 4.31. The van der Waals surface area contributed by atoms with E-state index in [2.05, 4.69) is 24.7 Å². The van der Waals surface area contributed by atoms with Gasteiger partial charge in [-0.3, -0.25) is 0 Å². The predicted molar refractivity (Wildman–Crippen MR) is 110 cm³/mol. The van der Waals surface area contributed by atoms with Gasteiger partial charge in [-0.15, -0.1) is 0 Å². The number of rotatable bonds is 6. The number of nitrogens with one attached hydrogen (secondary N) is 1. The van der Waals surface area contributed by atoms with Crippen LogP contribution in [0.15, 0.2) is 12.4 Å². The van der Waals surface area contributed by atoms with E-state index in [4.69, 9.17) is 15.2 Å². The van der Waals surface area contributed by atoms with Gasteiger partial charge >= 0.3 is 0 Å². The zero-order valence-corrected chi connectivity index (χ0v) is 18.0. The molecular formula is C18H24FN7O4S. The lowest BCUT2D eigenvalue weighted by molar-refractivity contribution is 0.0839. The maximum atomic E-state index is 15.3. The summed E-state index contributed by atoms with van der Waals surface area (Å²) in [6.45, 7) is 3.52. The number of halogens is 1. The van der Waals surface area contributed by atoms with Gasteiger partial charge in [0, 0.05) is 43.4 Å². The van der Waals surface area contributed by atoms with Gasteiger partial charge in [0.1, 0.15) is 11.8 Å². The van der Waals surface area contributed by atoms with E-state index < -0.39 is 15.8 Å². The van der Waals surface area contributed by atoms with E-state index in [0.29, 0.717) is 44.1 Å². The lowest BCUT2D eigenvalue weighted by Crippen LogP contribution is -2.48. The van der Waals surface area contributed by atoms with Crippen molar-refractivity contribution >= 4 is 21.9 Å². The highest BCUT2D eigenvalue weighted by molar-refractivity contribution is 7.88. The first-order valence-electron chi connectivity index (χ1n) is 9.83. The summed E-state index contributed by atoms with van der Waals surface area (Å²) < 4.78 is 51.8. The molecule has 2 fully saturated rings. The van der Waals surface area contributed by atoms with Crippen molar-refractivity contribution in [3.05, 3.63) is 18.2 Å². The molecule has 1 aliphatic heterocycles. The standard InChI is InChI=1S/C18H24FN7O4S/c1-10-9-29-4-3-26(10)18-23-15(11-7-21-17(20)22-8-11)14(19)16(24-18)30-13-5-12(6-13)25-31(2,27)28/h7-8,10,12-13,25H,3-6,9H2,1-2H3,(H2,20,21,22)/t10-,12-,13-/m0/s1. The number of nitrogens with zero attached hydrogens (tertiary/aromatic N) is 5. The Hall–Kier alpha value is -2.64. The molecule has 1 saturated heterocycles. The van der Waals surface area contributed by atoms with Gasteiger partial charge in [0.05, 0.1) is 25.5 Å². The van der Waals surface area contributed by atoms with Gasteiger partial charge < -0.3 is 20.1 Å².